The number of fused-ring (bicyclic) bond motifs is 1. The van der Waals surface area contributed by atoms with Gasteiger partial charge in [-0.15, -0.1) is 0 Å². The van der Waals surface area contributed by atoms with Gasteiger partial charge in [0.25, 0.3) is 0 Å². The predicted molar refractivity (Wildman–Crippen MR) is 61.9 cm³/mol. The van der Waals surface area contributed by atoms with Crippen molar-refractivity contribution in [3.63, 3.8) is 0 Å². The Morgan fingerprint density at radius 2 is 2.00 bits per heavy atom. The summed E-state index contributed by atoms with van der Waals surface area (Å²) in [4.78, 5) is 0. The second-order valence-electron chi connectivity index (χ2n) is 5.37. The summed E-state index contributed by atoms with van der Waals surface area (Å²) in [6, 6.07) is 7.43. The molecule has 76 valence electrons. The maximum absolute atomic E-state index is 3.51. The van der Waals surface area contributed by atoms with E-state index < -0.39 is 0 Å². The minimum Gasteiger partial charge on any atom is -0.382 e. The quantitative estimate of drug-likeness (QED) is 0.660. The minimum atomic E-state index is 0.253. The van der Waals surface area contributed by atoms with E-state index in [0.717, 1.165) is 0 Å². The first-order chi connectivity index (χ1) is 6.47. The van der Waals surface area contributed by atoms with Crippen molar-refractivity contribution in [3.8, 4) is 0 Å². The van der Waals surface area contributed by atoms with Crippen molar-refractivity contribution in [1.82, 2.24) is 0 Å². The molecule has 1 aliphatic rings. The van der Waals surface area contributed by atoms with Gasteiger partial charge in [-0.3, -0.25) is 0 Å². The highest BCUT2D eigenvalue weighted by Gasteiger charge is 2.20. The van der Waals surface area contributed by atoms with Gasteiger partial charge in [-0.05, 0) is 36.0 Å². The van der Waals surface area contributed by atoms with Crippen LogP contribution in [-0.4, -0.2) is 6.04 Å². The molecule has 1 aromatic carbocycles. The number of nitrogens with one attached hydrogen (secondary N) is 1. The summed E-state index contributed by atoms with van der Waals surface area (Å²) >= 11 is 0. The maximum atomic E-state index is 3.51. The first-order valence-electron chi connectivity index (χ1n) is 5.37. The van der Waals surface area contributed by atoms with Crippen molar-refractivity contribution in [3.05, 3.63) is 29.3 Å². The largest absolute Gasteiger partial charge is 0.382 e. The Labute approximate surface area is 86.5 Å². The van der Waals surface area contributed by atoms with Crippen molar-refractivity contribution < 1.29 is 0 Å². The van der Waals surface area contributed by atoms with E-state index in [1.807, 2.05) is 0 Å². The molecular weight excluding hydrogens is 170 g/mol. The highest BCUT2D eigenvalue weighted by molar-refractivity contribution is 5.59. The molecule has 1 heteroatoms. The average molecular weight is 189 g/mol. The van der Waals surface area contributed by atoms with Crippen LogP contribution >= 0.6 is 0 Å². The van der Waals surface area contributed by atoms with Crippen LogP contribution < -0.4 is 5.32 Å². The molecule has 1 aliphatic heterocycles. The summed E-state index contributed by atoms with van der Waals surface area (Å²) in [5.74, 6) is 0. The van der Waals surface area contributed by atoms with Gasteiger partial charge in [-0.2, -0.15) is 0 Å². The lowest BCUT2D eigenvalue weighted by atomic mass is 9.86. The third-order valence-electron chi connectivity index (χ3n) is 2.90. The van der Waals surface area contributed by atoms with Crippen LogP contribution in [0.25, 0.3) is 0 Å². The van der Waals surface area contributed by atoms with E-state index in [4.69, 9.17) is 0 Å². The summed E-state index contributed by atoms with van der Waals surface area (Å²) in [5.41, 5.74) is 4.47. The summed E-state index contributed by atoms with van der Waals surface area (Å²) < 4.78 is 0. The van der Waals surface area contributed by atoms with Gasteiger partial charge >= 0.3 is 0 Å². The van der Waals surface area contributed by atoms with Gasteiger partial charge in [0.15, 0.2) is 0 Å². The molecule has 1 aromatic rings. The van der Waals surface area contributed by atoms with Gasteiger partial charge in [-0.1, -0.05) is 32.9 Å². The van der Waals surface area contributed by atoms with E-state index in [-0.39, 0.29) is 5.41 Å². The highest BCUT2D eigenvalue weighted by atomic mass is 14.9. The van der Waals surface area contributed by atoms with Crippen molar-refractivity contribution in [2.24, 2.45) is 0 Å². The van der Waals surface area contributed by atoms with Crippen molar-refractivity contribution >= 4 is 5.69 Å². The van der Waals surface area contributed by atoms with Crippen LogP contribution in [0.3, 0.4) is 0 Å². The molecule has 14 heavy (non-hydrogen) atoms. The molecular formula is C13H19N. The van der Waals surface area contributed by atoms with Crippen molar-refractivity contribution in [2.75, 3.05) is 5.32 Å². The van der Waals surface area contributed by atoms with Crippen molar-refractivity contribution in [2.45, 2.75) is 45.6 Å². The van der Waals surface area contributed by atoms with E-state index >= 15 is 0 Å². The topological polar surface area (TPSA) is 12.0 Å². The Kier molecular flexibility index (Phi) is 2.06. The second kappa shape index (κ2) is 3.01. The van der Waals surface area contributed by atoms with E-state index in [9.17, 15) is 0 Å². The van der Waals surface area contributed by atoms with Gasteiger partial charge in [0.2, 0.25) is 0 Å². The molecule has 1 heterocycles. The molecule has 1 atom stereocenters. The predicted octanol–water partition coefficient (Wildman–Crippen LogP) is 3.34. The maximum Gasteiger partial charge on any atom is 0.0378 e. The number of hydrogen-bond donors (Lipinski definition) is 1. The lowest BCUT2D eigenvalue weighted by molar-refractivity contribution is 0.590. The van der Waals surface area contributed by atoms with Gasteiger partial charge in [-0.25, -0.2) is 0 Å². The number of hydrogen-bond acceptors (Lipinski definition) is 1. The molecule has 0 spiro atoms. The summed E-state index contributed by atoms with van der Waals surface area (Å²) in [7, 11) is 0. The third-order valence-corrected chi connectivity index (χ3v) is 2.90. The van der Waals surface area contributed by atoms with Crippen LogP contribution in [0.5, 0.6) is 0 Å². The standard InChI is InChI=1S/C13H19N/c1-9-7-10-5-6-11(13(2,3)4)8-12(10)14-9/h5-6,8-9,14H,7H2,1-4H3/t9-/m1/s1. The minimum absolute atomic E-state index is 0.253. The van der Waals surface area contributed by atoms with Crippen LogP contribution in [-0.2, 0) is 11.8 Å². The van der Waals surface area contributed by atoms with Gasteiger partial charge in [0, 0.05) is 11.7 Å². The molecule has 0 saturated heterocycles. The fraction of sp³-hybridized carbons (Fsp3) is 0.538. The zero-order chi connectivity index (χ0) is 10.3. The number of benzene rings is 1. The van der Waals surface area contributed by atoms with Gasteiger partial charge < -0.3 is 5.32 Å². The first kappa shape index (κ1) is 9.57. The van der Waals surface area contributed by atoms with Crippen LogP contribution in [0, 0.1) is 0 Å². The Morgan fingerprint density at radius 3 is 2.64 bits per heavy atom. The fourth-order valence-corrected chi connectivity index (χ4v) is 2.00. The summed E-state index contributed by atoms with van der Waals surface area (Å²) in [6.45, 7) is 9.00. The zero-order valence-electron chi connectivity index (χ0n) is 9.52. The number of anilines is 1. The lowest BCUT2D eigenvalue weighted by Gasteiger charge is -2.19. The van der Waals surface area contributed by atoms with E-state index in [1.165, 1.54) is 23.2 Å². The Morgan fingerprint density at radius 1 is 1.29 bits per heavy atom. The normalized spacial score (nSPS) is 20.4. The molecule has 0 saturated carbocycles. The summed E-state index contributed by atoms with van der Waals surface area (Å²) in [5, 5.41) is 3.51. The lowest BCUT2D eigenvalue weighted by Crippen LogP contribution is -2.11. The first-order valence-corrected chi connectivity index (χ1v) is 5.37. The zero-order valence-corrected chi connectivity index (χ0v) is 9.52. The van der Waals surface area contributed by atoms with E-state index in [1.54, 1.807) is 0 Å². The summed E-state index contributed by atoms with van der Waals surface area (Å²) in [6.07, 6.45) is 1.17. The molecule has 0 aliphatic carbocycles. The molecule has 0 fully saturated rings. The van der Waals surface area contributed by atoms with E-state index in [0.29, 0.717) is 6.04 Å². The van der Waals surface area contributed by atoms with E-state index in [2.05, 4.69) is 51.2 Å². The van der Waals surface area contributed by atoms with Crippen LogP contribution in [0.15, 0.2) is 18.2 Å². The molecule has 0 radical (unpaired) electrons. The van der Waals surface area contributed by atoms with Gasteiger partial charge in [0.05, 0.1) is 0 Å². The van der Waals surface area contributed by atoms with Crippen LogP contribution in [0.4, 0.5) is 5.69 Å². The molecule has 0 amide bonds. The van der Waals surface area contributed by atoms with Crippen LogP contribution in [0.2, 0.25) is 0 Å². The SMILES string of the molecule is C[C@@H]1Cc2ccc(C(C)(C)C)cc2N1. The Hall–Kier alpha value is -0.980. The molecule has 0 unspecified atom stereocenters. The molecule has 0 aromatic heterocycles. The average Bonchev–Trinajstić information content (AvgIpc) is 2.41. The molecule has 0 bridgehead atoms. The third kappa shape index (κ3) is 1.63. The Bertz CT molecular complexity index is 347. The Balaban J connectivity index is 2.38. The monoisotopic (exact) mass is 189 g/mol. The smallest absolute Gasteiger partial charge is 0.0378 e. The number of rotatable bonds is 0. The molecule has 1 nitrogen and oxygen atoms in total. The molecule has 1 N–H and O–H groups in total. The van der Waals surface area contributed by atoms with Crippen molar-refractivity contribution in [1.29, 1.82) is 0 Å². The van der Waals surface area contributed by atoms with Gasteiger partial charge in [0.1, 0.15) is 0 Å². The highest BCUT2D eigenvalue weighted by Crippen LogP contribution is 2.31. The fourth-order valence-electron chi connectivity index (χ4n) is 2.00. The molecule has 2 rings (SSSR count). The second-order valence-corrected chi connectivity index (χ2v) is 5.37. The van der Waals surface area contributed by atoms with Crippen LogP contribution in [0.1, 0.15) is 38.8 Å².